The lowest BCUT2D eigenvalue weighted by molar-refractivity contribution is 0.224. The lowest BCUT2D eigenvalue weighted by Gasteiger charge is -2.11. The molecule has 0 aliphatic rings. The van der Waals surface area contributed by atoms with Crippen molar-refractivity contribution in [2.45, 2.75) is 6.10 Å². The summed E-state index contributed by atoms with van der Waals surface area (Å²) in [6.07, 6.45) is -0.644. The fraction of sp³-hybridized carbons (Fsp3) is 0.0909. The zero-order valence-electron chi connectivity index (χ0n) is 7.65. The minimum atomic E-state index is -0.644. The Morgan fingerprint density at radius 2 is 2.07 bits per heavy atom. The molecule has 1 heterocycles. The molecule has 0 bridgehead atoms. The molecule has 0 fully saturated rings. The quantitative estimate of drug-likeness (QED) is 0.879. The van der Waals surface area contributed by atoms with Gasteiger partial charge in [0.05, 0.1) is 5.02 Å². The molecule has 78 valence electrons. The van der Waals surface area contributed by atoms with Gasteiger partial charge in [0.1, 0.15) is 6.10 Å². The third-order valence-electron chi connectivity index (χ3n) is 2.09. The molecule has 1 aromatic carbocycles. The van der Waals surface area contributed by atoms with Crippen LogP contribution < -0.4 is 0 Å². The minimum Gasteiger partial charge on any atom is -0.383 e. The number of aliphatic hydroxyl groups excluding tert-OH is 1. The Hall–Kier alpha value is -0.350. The molecule has 1 atom stereocenters. The molecule has 4 heteroatoms. The van der Waals surface area contributed by atoms with Crippen molar-refractivity contribution in [1.82, 2.24) is 0 Å². The Labute approximate surface area is 105 Å². The molecule has 0 aliphatic heterocycles. The van der Waals surface area contributed by atoms with E-state index in [2.05, 4.69) is 15.9 Å². The fourth-order valence-corrected chi connectivity index (χ4v) is 2.67. The highest BCUT2D eigenvalue weighted by molar-refractivity contribution is 9.10. The molecule has 0 radical (unpaired) electrons. The van der Waals surface area contributed by atoms with Crippen molar-refractivity contribution in [2.75, 3.05) is 0 Å². The molecule has 1 N–H and O–H groups in total. The summed E-state index contributed by atoms with van der Waals surface area (Å²) >= 11 is 11.0. The molecule has 1 unspecified atom stereocenters. The van der Waals surface area contributed by atoms with Crippen LogP contribution in [0.3, 0.4) is 0 Å². The highest BCUT2D eigenvalue weighted by Crippen LogP contribution is 2.34. The van der Waals surface area contributed by atoms with E-state index in [1.54, 1.807) is 0 Å². The first-order chi connectivity index (χ1) is 7.20. The monoisotopic (exact) mass is 302 g/mol. The predicted molar refractivity (Wildman–Crippen MR) is 67.5 cm³/mol. The molecular formula is C11H8BrClOS. The molecule has 0 amide bonds. The van der Waals surface area contributed by atoms with E-state index in [0.717, 1.165) is 14.9 Å². The van der Waals surface area contributed by atoms with Gasteiger partial charge in [-0.15, -0.1) is 11.3 Å². The molecule has 0 aliphatic carbocycles. The van der Waals surface area contributed by atoms with E-state index >= 15 is 0 Å². The number of hydrogen-bond donors (Lipinski definition) is 1. The maximum Gasteiger partial charge on any atom is 0.115 e. The Kier molecular flexibility index (Phi) is 3.46. The van der Waals surface area contributed by atoms with E-state index in [1.165, 1.54) is 11.3 Å². The maximum atomic E-state index is 10.1. The van der Waals surface area contributed by atoms with Crippen LogP contribution in [0, 0.1) is 0 Å². The summed E-state index contributed by atoms with van der Waals surface area (Å²) in [7, 11) is 0. The Bertz CT molecular complexity index is 456. The maximum absolute atomic E-state index is 10.1. The highest BCUT2D eigenvalue weighted by atomic mass is 79.9. The summed E-state index contributed by atoms with van der Waals surface area (Å²) in [4.78, 5) is 0.898. The van der Waals surface area contributed by atoms with E-state index in [1.807, 2.05) is 35.7 Å². The van der Waals surface area contributed by atoms with Gasteiger partial charge in [-0.05, 0) is 33.4 Å². The average molecular weight is 304 g/mol. The molecule has 2 aromatic rings. The van der Waals surface area contributed by atoms with Crippen molar-refractivity contribution in [3.8, 4) is 0 Å². The largest absolute Gasteiger partial charge is 0.383 e. The number of hydrogen-bond acceptors (Lipinski definition) is 2. The number of rotatable bonds is 2. The van der Waals surface area contributed by atoms with E-state index in [9.17, 15) is 5.11 Å². The Balaban J connectivity index is 2.42. The van der Waals surface area contributed by atoms with Crippen molar-refractivity contribution in [3.05, 3.63) is 55.6 Å². The summed E-state index contributed by atoms with van der Waals surface area (Å²) < 4.78 is 0.803. The van der Waals surface area contributed by atoms with Crippen LogP contribution in [-0.2, 0) is 0 Å². The van der Waals surface area contributed by atoms with Gasteiger partial charge >= 0.3 is 0 Å². The second-order valence-corrected chi connectivity index (χ2v) is 5.27. The molecule has 2 rings (SSSR count). The SMILES string of the molecule is OC(c1cccs1)c1cccc(Br)c1Cl. The van der Waals surface area contributed by atoms with Gasteiger partial charge in [-0.2, -0.15) is 0 Å². The van der Waals surface area contributed by atoms with Gasteiger partial charge in [0.2, 0.25) is 0 Å². The number of benzene rings is 1. The highest BCUT2D eigenvalue weighted by Gasteiger charge is 2.15. The fourth-order valence-electron chi connectivity index (χ4n) is 1.33. The molecule has 0 saturated heterocycles. The van der Waals surface area contributed by atoms with Crippen LogP contribution in [0.15, 0.2) is 40.2 Å². The zero-order valence-corrected chi connectivity index (χ0v) is 10.8. The smallest absolute Gasteiger partial charge is 0.115 e. The molecule has 1 nitrogen and oxygen atoms in total. The van der Waals surface area contributed by atoms with Crippen LogP contribution in [0.4, 0.5) is 0 Å². The van der Waals surface area contributed by atoms with Crippen molar-refractivity contribution < 1.29 is 5.11 Å². The van der Waals surface area contributed by atoms with E-state index < -0.39 is 6.10 Å². The van der Waals surface area contributed by atoms with E-state index in [-0.39, 0.29) is 0 Å². The van der Waals surface area contributed by atoms with Crippen molar-refractivity contribution in [3.63, 3.8) is 0 Å². The predicted octanol–water partition coefficient (Wildman–Crippen LogP) is 4.25. The van der Waals surface area contributed by atoms with E-state index in [4.69, 9.17) is 11.6 Å². The van der Waals surface area contributed by atoms with Gasteiger partial charge in [-0.3, -0.25) is 0 Å². The number of aliphatic hydroxyl groups is 1. The van der Waals surface area contributed by atoms with Crippen molar-refractivity contribution in [2.24, 2.45) is 0 Å². The number of thiophene rings is 1. The lowest BCUT2D eigenvalue weighted by Crippen LogP contribution is -1.98. The van der Waals surface area contributed by atoms with Crippen LogP contribution in [0.1, 0.15) is 16.5 Å². The third kappa shape index (κ3) is 2.26. The summed E-state index contributed by atoms with van der Waals surface area (Å²) in [6.45, 7) is 0. The summed E-state index contributed by atoms with van der Waals surface area (Å²) in [5.41, 5.74) is 0.730. The van der Waals surface area contributed by atoms with E-state index in [0.29, 0.717) is 5.02 Å². The lowest BCUT2D eigenvalue weighted by atomic mass is 10.1. The second kappa shape index (κ2) is 4.66. The molecule has 15 heavy (non-hydrogen) atoms. The van der Waals surface area contributed by atoms with Crippen molar-refractivity contribution >= 4 is 38.9 Å². The normalized spacial score (nSPS) is 12.7. The summed E-state index contributed by atoms with van der Waals surface area (Å²) in [5.74, 6) is 0. The minimum absolute atomic E-state index is 0.568. The van der Waals surface area contributed by atoms with Gasteiger partial charge < -0.3 is 5.11 Å². The molecule has 1 aromatic heterocycles. The first-order valence-electron chi connectivity index (χ1n) is 4.35. The topological polar surface area (TPSA) is 20.2 Å². The third-order valence-corrected chi connectivity index (χ3v) is 4.32. The Morgan fingerprint density at radius 1 is 1.27 bits per heavy atom. The summed E-state index contributed by atoms with van der Waals surface area (Å²) in [6, 6.07) is 9.36. The van der Waals surface area contributed by atoms with Gasteiger partial charge in [-0.25, -0.2) is 0 Å². The second-order valence-electron chi connectivity index (χ2n) is 3.06. The van der Waals surface area contributed by atoms with Crippen LogP contribution >= 0.6 is 38.9 Å². The van der Waals surface area contributed by atoms with Gasteiger partial charge in [0.25, 0.3) is 0 Å². The van der Waals surface area contributed by atoms with Crippen LogP contribution in [0.2, 0.25) is 5.02 Å². The standard InChI is InChI=1S/C11H8BrClOS/c12-8-4-1-3-7(10(8)13)11(14)9-5-2-6-15-9/h1-6,11,14H. The average Bonchev–Trinajstić information content (AvgIpc) is 2.74. The van der Waals surface area contributed by atoms with Gasteiger partial charge in [0, 0.05) is 14.9 Å². The Morgan fingerprint density at radius 3 is 2.73 bits per heavy atom. The van der Waals surface area contributed by atoms with Crippen LogP contribution in [0.5, 0.6) is 0 Å². The first-order valence-corrected chi connectivity index (χ1v) is 6.40. The molecular weight excluding hydrogens is 296 g/mol. The number of halogens is 2. The van der Waals surface area contributed by atoms with Gasteiger partial charge in [-0.1, -0.05) is 29.8 Å². The molecule has 0 saturated carbocycles. The first kappa shape index (κ1) is 11.1. The van der Waals surface area contributed by atoms with Gasteiger partial charge in [0.15, 0.2) is 0 Å². The zero-order chi connectivity index (χ0) is 10.8. The van der Waals surface area contributed by atoms with Crippen molar-refractivity contribution in [1.29, 1.82) is 0 Å². The molecule has 0 spiro atoms. The van der Waals surface area contributed by atoms with Crippen LogP contribution in [-0.4, -0.2) is 5.11 Å². The summed E-state index contributed by atoms with van der Waals surface area (Å²) in [5, 5.41) is 12.6. The van der Waals surface area contributed by atoms with Crippen LogP contribution in [0.25, 0.3) is 0 Å².